The Labute approximate surface area is 132 Å². The topological polar surface area (TPSA) is 78.4 Å². The molecule has 1 saturated carbocycles. The highest BCUT2D eigenvalue weighted by atomic mass is 16.3. The van der Waals surface area contributed by atoms with Crippen LogP contribution >= 0.6 is 0 Å². The zero-order valence-electron chi connectivity index (χ0n) is 13.8. The van der Waals surface area contributed by atoms with Crippen LogP contribution in [-0.4, -0.2) is 45.7 Å². The molecule has 2 amide bonds. The number of anilines is 1. The molecular weight excluding hydrogens is 280 g/mol. The van der Waals surface area contributed by atoms with Gasteiger partial charge in [-0.05, 0) is 12.8 Å². The monoisotopic (exact) mass is 306 g/mol. The molecular formula is C16H26N4O2. The molecule has 1 aromatic heterocycles. The second-order valence-corrected chi connectivity index (χ2v) is 7.11. The largest absolute Gasteiger partial charge is 0.393 e. The molecule has 1 aromatic rings. The van der Waals surface area contributed by atoms with E-state index >= 15 is 0 Å². The molecule has 2 N–H and O–H groups in total. The van der Waals surface area contributed by atoms with Crippen molar-refractivity contribution in [3.63, 3.8) is 0 Å². The van der Waals surface area contributed by atoms with Gasteiger partial charge < -0.3 is 15.3 Å². The van der Waals surface area contributed by atoms with Gasteiger partial charge in [-0.15, -0.1) is 0 Å². The molecule has 6 nitrogen and oxygen atoms in total. The smallest absolute Gasteiger partial charge is 0.321 e. The molecule has 0 aliphatic heterocycles. The number of hydrogen-bond donors (Lipinski definition) is 2. The molecule has 0 spiro atoms. The van der Waals surface area contributed by atoms with E-state index in [2.05, 4.69) is 15.3 Å². The summed E-state index contributed by atoms with van der Waals surface area (Å²) in [6, 6.07) is -0.203. The second kappa shape index (κ2) is 6.60. The summed E-state index contributed by atoms with van der Waals surface area (Å²) >= 11 is 0. The van der Waals surface area contributed by atoms with E-state index in [0.29, 0.717) is 12.2 Å². The van der Waals surface area contributed by atoms with Crippen molar-refractivity contribution < 1.29 is 9.90 Å². The van der Waals surface area contributed by atoms with Crippen molar-refractivity contribution in [2.75, 3.05) is 18.9 Å². The van der Waals surface area contributed by atoms with Crippen LogP contribution in [0.5, 0.6) is 0 Å². The summed E-state index contributed by atoms with van der Waals surface area (Å²) in [5.74, 6) is 0.920. The van der Waals surface area contributed by atoms with Crippen LogP contribution in [0.4, 0.5) is 10.5 Å². The fourth-order valence-corrected chi connectivity index (χ4v) is 2.66. The minimum Gasteiger partial charge on any atom is -0.393 e. The van der Waals surface area contributed by atoms with Crippen LogP contribution in [0.15, 0.2) is 12.4 Å². The summed E-state index contributed by atoms with van der Waals surface area (Å²) in [6.45, 7) is 6.69. The minimum atomic E-state index is -0.287. The number of rotatable bonds is 3. The molecule has 2 atom stereocenters. The Bertz CT molecular complexity index is 510. The number of urea groups is 1. The number of carbonyl (C=O) groups excluding carboxylic acids is 1. The molecule has 2 unspecified atom stereocenters. The average molecular weight is 306 g/mol. The Morgan fingerprint density at radius 3 is 2.50 bits per heavy atom. The van der Waals surface area contributed by atoms with E-state index < -0.39 is 0 Å². The quantitative estimate of drug-likeness (QED) is 0.899. The number of hydrogen-bond acceptors (Lipinski definition) is 4. The molecule has 22 heavy (non-hydrogen) atoms. The van der Waals surface area contributed by atoms with Crippen molar-refractivity contribution in [2.24, 2.45) is 5.92 Å². The van der Waals surface area contributed by atoms with Gasteiger partial charge in [0.2, 0.25) is 0 Å². The van der Waals surface area contributed by atoms with E-state index in [1.807, 2.05) is 20.8 Å². The summed E-state index contributed by atoms with van der Waals surface area (Å²) in [5, 5.41) is 12.6. The predicted molar refractivity (Wildman–Crippen MR) is 85.7 cm³/mol. The highest BCUT2D eigenvalue weighted by Crippen LogP contribution is 2.26. The highest BCUT2D eigenvalue weighted by Gasteiger charge is 2.27. The summed E-state index contributed by atoms with van der Waals surface area (Å²) < 4.78 is 0. The van der Waals surface area contributed by atoms with Gasteiger partial charge in [-0.25, -0.2) is 14.8 Å². The zero-order valence-corrected chi connectivity index (χ0v) is 13.8. The van der Waals surface area contributed by atoms with Crippen molar-refractivity contribution in [3.8, 4) is 0 Å². The second-order valence-electron chi connectivity index (χ2n) is 7.11. The number of nitrogens with one attached hydrogen (secondary N) is 1. The molecule has 6 heteroatoms. The van der Waals surface area contributed by atoms with Crippen LogP contribution in [0.3, 0.4) is 0 Å². The number of carbonyl (C=O) groups is 1. The fourth-order valence-electron chi connectivity index (χ4n) is 2.66. The first-order valence-electron chi connectivity index (χ1n) is 7.80. The molecule has 122 valence electrons. The van der Waals surface area contributed by atoms with Gasteiger partial charge >= 0.3 is 6.03 Å². The number of aromatic nitrogens is 2. The molecule has 1 heterocycles. The van der Waals surface area contributed by atoms with Gasteiger partial charge in [0.05, 0.1) is 24.2 Å². The zero-order chi connectivity index (χ0) is 16.3. The molecule has 1 aliphatic carbocycles. The Kier molecular flexibility index (Phi) is 5.01. The van der Waals surface area contributed by atoms with Crippen LogP contribution in [0, 0.1) is 5.92 Å². The molecule has 1 aliphatic rings. The maximum Gasteiger partial charge on any atom is 0.321 e. The van der Waals surface area contributed by atoms with Gasteiger partial charge in [-0.2, -0.15) is 0 Å². The standard InChI is InChI=1S/C16H26N4O2/c1-16(2,3)14-17-8-12(9-18-14)19-15(22)20(4)10-11-6-5-7-13(11)21/h8-9,11,13,21H,5-7,10H2,1-4H3,(H,19,22). The maximum absolute atomic E-state index is 12.2. The van der Waals surface area contributed by atoms with E-state index in [4.69, 9.17) is 0 Å². The Morgan fingerprint density at radius 1 is 1.36 bits per heavy atom. The Hall–Kier alpha value is -1.69. The third-order valence-corrected chi connectivity index (χ3v) is 4.05. The average Bonchev–Trinajstić information content (AvgIpc) is 2.84. The Balaban J connectivity index is 1.91. The van der Waals surface area contributed by atoms with Gasteiger partial charge in [0, 0.05) is 24.9 Å². The first-order valence-corrected chi connectivity index (χ1v) is 7.80. The predicted octanol–water partition coefficient (Wildman–Crippen LogP) is 2.40. The normalized spacial score (nSPS) is 21.7. The van der Waals surface area contributed by atoms with Crippen LogP contribution in [-0.2, 0) is 5.41 Å². The van der Waals surface area contributed by atoms with E-state index in [-0.39, 0.29) is 23.5 Å². The Morgan fingerprint density at radius 2 is 2.00 bits per heavy atom. The lowest BCUT2D eigenvalue weighted by molar-refractivity contribution is 0.116. The number of aliphatic hydroxyl groups excluding tert-OH is 1. The van der Waals surface area contributed by atoms with Crippen LogP contribution < -0.4 is 5.32 Å². The number of amides is 2. The van der Waals surface area contributed by atoms with Gasteiger partial charge in [0.25, 0.3) is 0 Å². The lowest BCUT2D eigenvalue weighted by Crippen LogP contribution is -2.37. The molecule has 0 aromatic carbocycles. The van der Waals surface area contributed by atoms with Gasteiger partial charge in [-0.1, -0.05) is 27.2 Å². The van der Waals surface area contributed by atoms with Crippen molar-refractivity contribution in [1.29, 1.82) is 0 Å². The van der Waals surface area contributed by atoms with E-state index in [0.717, 1.165) is 25.1 Å². The van der Waals surface area contributed by atoms with E-state index in [1.165, 1.54) is 0 Å². The van der Waals surface area contributed by atoms with Crippen LogP contribution in [0.2, 0.25) is 0 Å². The van der Waals surface area contributed by atoms with E-state index in [1.54, 1.807) is 24.3 Å². The highest BCUT2D eigenvalue weighted by molar-refractivity contribution is 5.88. The third-order valence-electron chi connectivity index (χ3n) is 4.05. The number of nitrogens with zero attached hydrogens (tertiary/aromatic N) is 3. The summed E-state index contributed by atoms with van der Waals surface area (Å²) in [5.41, 5.74) is 0.467. The van der Waals surface area contributed by atoms with Gasteiger partial charge in [0.1, 0.15) is 5.82 Å². The fraction of sp³-hybridized carbons (Fsp3) is 0.688. The first-order chi connectivity index (χ1) is 10.3. The van der Waals surface area contributed by atoms with Crippen molar-refractivity contribution >= 4 is 11.7 Å². The SMILES string of the molecule is CN(CC1CCCC1O)C(=O)Nc1cnc(C(C)(C)C)nc1. The summed E-state index contributed by atoms with van der Waals surface area (Å²) in [6.07, 6.45) is 5.81. The first kappa shape index (κ1) is 16.7. The van der Waals surface area contributed by atoms with Crippen LogP contribution in [0.25, 0.3) is 0 Å². The van der Waals surface area contributed by atoms with Gasteiger partial charge in [-0.3, -0.25) is 0 Å². The lowest BCUT2D eigenvalue weighted by Gasteiger charge is -2.23. The third kappa shape index (κ3) is 4.16. The van der Waals surface area contributed by atoms with Crippen molar-refractivity contribution in [2.45, 2.75) is 51.6 Å². The molecule has 0 bridgehead atoms. The summed E-state index contributed by atoms with van der Waals surface area (Å²) in [4.78, 5) is 22.4. The maximum atomic E-state index is 12.2. The summed E-state index contributed by atoms with van der Waals surface area (Å²) in [7, 11) is 1.74. The number of aliphatic hydroxyl groups is 1. The molecule has 2 rings (SSSR count). The van der Waals surface area contributed by atoms with Crippen molar-refractivity contribution in [1.82, 2.24) is 14.9 Å². The molecule has 0 radical (unpaired) electrons. The van der Waals surface area contributed by atoms with E-state index in [9.17, 15) is 9.90 Å². The van der Waals surface area contributed by atoms with Crippen molar-refractivity contribution in [3.05, 3.63) is 18.2 Å². The minimum absolute atomic E-state index is 0.113. The van der Waals surface area contributed by atoms with Gasteiger partial charge in [0.15, 0.2) is 0 Å². The molecule has 1 fully saturated rings. The lowest BCUT2D eigenvalue weighted by atomic mass is 9.96. The molecule has 0 saturated heterocycles. The van der Waals surface area contributed by atoms with Crippen LogP contribution in [0.1, 0.15) is 45.9 Å².